The van der Waals surface area contributed by atoms with Gasteiger partial charge in [-0.2, -0.15) is 0 Å². The summed E-state index contributed by atoms with van der Waals surface area (Å²) in [5.74, 6) is 5.78. The topological polar surface area (TPSA) is 155 Å². The van der Waals surface area contributed by atoms with Crippen molar-refractivity contribution in [1.82, 2.24) is 44.9 Å². The van der Waals surface area contributed by atoms with Crippen LogP contribution in [0.4, 0.5) is 0 Å². The number of hydrogen-bond donors (Lipinski definition) is 0. The van der Waals surface area contributed by atoms with Crippen molar-refractivity contribution in [2.45, 2.75) is 0 Å². The summed E-state index contributed by atoms with van der Waals surface area (Å²) in [7, 11) is 0. The fraction of sp³-hybridized carbons (Fsp3) is 0. The normalized spacial score (nSPS) is 11.6. The number of para-hydroxylation sites is 3. The molecule has 0 bridgehead atoms. The van der Waals surface area contributed by atoms with E-state index >= 15 is 0 Å². The molecule has 12 heteroatoms. The monoisotopic (exact) mass is 1780 g/mol. The molecule has 648 valence electrons. The van der Waals surface area contributed by atoms with E-state index < -0.39 is 0 Å². The highest BCUT2D eigenvalue weighted by atomic mass is 16.3. The fourth-order valence-electron chi connectivity index (χ4n) is 19.6. The number of fused-ring (bicyclic) bond motifs is 16. The zero-order valence-electron chi connectivity index (χ0n) is 74.7. The molecule has 0 aliphatic rings. The Balaban J connectivity index is 0.000000108. The quantitative estimate of drug-likeness (QED) is 0.114. The first kappa shape index (κ1) is 80.9. The minimum atomic E-state index is 0.633. The summed E-state index contributed by atoms with van der Waals surface area (Å²) in [4.78, 5) is 45.6. The van der Waals surface area contributed by atoms with Crippen LogP contribution in [0.25, 0.3) is 277 Å². The predicted molar refractivity (Wildman–Crippen MR) is 569 cm³/mol. The highest BCUT2D eigenvalue weighted by molar-refractivity contribution is 6.13. The number of furan rings is 3. The Hall–Kier alpha value is -18.9. The van der Waals surface area contributed by atoms with Crippen molar-refractivity contribution >= 4 is 141 Å². The molecular weight excluding hydrogens is 1700 g/mol. The first-order chi connectivity index (χ1) is 68.8. The van der Waals surface area contributed by atoms with Gasteiger partial charge in [0, 0.05) is 82.4 Å². The number of nitrogens with zero attached hydrogens (tertiary/aromatic N) is 9. The zero-order chi connectivity index (χ0) is 91.8. The first-order valence-electron chi connectivity index (χ1n) is 46.5. The van der Waals surface area contributed by atoms with Crippen molar-refractivity contribution in [1.29, 1.82) is 0 Å². The number of rotatable bonds is 12. The van der Waals surface area contributed by atoms with Crippen LogP contribution in [-0.4, -0.2) is 44.9 Å². The second kappa shape index (κ2) is 34.3. The van der Waals surface area contributed by atoms with E-state index in [-0.39, 0.29) is 0 Å². The third-order valence-corrected chi connectivity index (χ3v) is 26.5. The lowest BCUT2D eigenvalue weighted by Gasteiger charge is -2.13. The van der Waals surface area contributed by atoms with E-state index in [9.17, 15) is 0 Å². The molecule has 0 saturated heterocycles. The van der Waals surface area contributed by atoms with Crippen molar-refractivity contribution < 1.29 is 13.3 Å². The van der Waals surface area contributed by atoms with Crippen LogP contribution in [0.5, 0.6) is 0 Å². The van der Waals surface area contributed by atoms with Gasteiger partial charge in [0.15, 0.2) is 52.4 Å². The molecule has 22 aromatic carbocycles. The molecule has 0 aliphatic heterocycles. The summed E-state index contributed by atoms with van der Waals surface area (Å²) < 4.78 is 18.5. The Bertz CT molecular complexity index is 9680. The van der Waals surface area contributed by atoms with Gasteiger partial charge in [-0.05, 0) is 200 Å². The van der Waals surface area contributed by atoms with Gasteiger partial charge in [-0.15, -0.1) is 0 Å². The van der Waals surface area contributed by atoms with E-state index in [1.807, 2.05) is 97.1 Å². The number of hydrogen-bond acceptors (Lipinski definition) is 12. The smallest absolute Gasteiger partial charge is 0.164 e. The van der Waals surface area contributed by atoms with Crippen LogP contribution in [0.2, 0.25) is 0 Å². The molecule has 0 N–H and O–H groups in total. The molecule has 6 heterocycles. The Kier molecular flexibility index (Phi) is 20.0. The summed E-state index contributed by atoms with van der Waals surface area (Å²) in [6, 6.07) is 162. The molecule has 0 aliphatic carbocycles. The molecule has 0 spiro atoms. The molecule has 28 aromatic rings. The molecule has 0 fully saturated rings. The maximum Gasteiger partial charge on any atom is 0.164 e. The molecule has 0 amide bonds. The van der Waals surface area contributed by atoms with E-state index in [4.69, 9.17) is 58.1 Å². The first-order valence-corrected chi connectivity index (χ1v) is 46.5. The number of aromatic nitrogens is 9. The van der Waals surface area contributed by atoms with E-state index in [0.29, 0.717) is 52.4 Å². The van der Waals surface area contributed by atoms with Crippen LogP contribution in [0.3, 0.4) is 0 Å². The Morgan fingerprint density at radius 2 is 0.367 bits per heavy atom. The highest BCUT2D eigenvalue weighted by Crippen LogP contribution is 2.45. The summed E-state index contributed by atoms with van der Waals surface area (Å²) in [5.41, 5.74) is 20.6. The largest absolute Gasteiger partial charge is 0.456 e. The third-order valence-electron chi connectivity index (χ3n) is 26.5. The van der Waals surface area contributed by atoms with Gasteiger partial charge in [0.1, 0.15) is 33.5 Å². The zero-order valence-corrected chi connectivity index (χ0v) is 74.7. The van der Waals surface area contributed by atoms with Crippen LogP contribution in [0, 0.1) is 0 Å². The number of benzene rings is 22. The van der Waals surface area contributed by atoms with Crippen molar-refractivity contribution in [2.75, 3.05) is 0 Å². The van der Waals surface area contributed by atoms with Gasteiger partial charge in [-0.3, -0.25) is 0 Å². The van der Waals surface area contributed by atoms with Crippen molar-refractivity contribution in [3.63, 3.8) is 0 Å². The van der Waals surface area contributed by atoms with E-state index in [0.717, 1.165) is 198 Å². The van der Waals surface area contributed by atoms with Crippen molar-refractivity contribution in [2.24, 2.45) is 0 Å². The van der Waals surface area contributed by atoms with Gasteiger partial charge >= 0.3 is 0 Å². The lowest BCUT2D eigenvalue weighted by molar-refractivity contribution is 0.668. The fourth-order valence-corrected chi connectivity index (χ4v) is 19.6. The van der Waals surface area contributed by atoms with Gasteiger partial charge in [0.05, 0.1) is 0 Å². The summed E-state index contributed by atoms with van der Waals surface area (Å²) in [6.45, 7) is 0. The molecule has 0 unspecified atom stereocenters. The molecule has 0 radical (unpaired) electrons. The van der Waals surface area contributed by atoms with Crippen LogP contribution in [-0.2, 0) is 0 Å². The van der Waals surface area contributed by atoms with Gasteiger partial charge in [0.2, 0.25) is 0 Å². The van der Waals surface area contributed by atoms with Crippen LogP contribution < -0.4 is 0 Å². The Morgan fingerprint density at radius 3 is 0.777 bits per heavy atom. The molecule has 12 nitrogen and oxygen atoms in total. The van der Waals surface area contributed by atoms with Crippen LogP contribution in [0.1, 0.15) is 0 Å². The van der Waals surface area contributed by atoms with Crippen LogP contribution >= 0.6 is 0 Å². The summed E-state index contributed by atoms with van der Waals surface area (Å²) in [5, 5.41) is 22.7. The van der Waals surface area contributed by atoms with Gasteiger partial charge in [-0.25, -0.2) is 44.9 Å². The molecule has 6 aromatic heterocycles. The highest BCUT2D eigenvalue weighted by Gasteiger charge is 2.24. The molecule has 0 saturated carbocycles. The lowest BCUT2D eigenvalue weighted by atomic mass is 9.94. The maximum atomic E-state index is 6.26. The molecule has 0 atom stereocenters. The molecule has 28 rings (SSSR count). The van der Waals surface area contributed by atoms with Crippen molar-refractivity contribution in [3.8, 4) is 136 Å². The second-order valence-electron chi connectivity index (χ2n) is 35.0. The molecular formula is C127H77N9O3. The Morgan fingerprint density at radius 1 is 0.108 bits per heavy atom. The minimum absolute atomic E-state index is 0.633. The maximum absolute atomic E-state index is 6.26. The summed E-state index contributed by atoms with van der Waals surface area (Å²) >= 11 is 0. The molecule has 139 heavy (non-hydrogen) atoms. The average Bonchev–Trinajstić information content (AvgIpc) is 1.75. The van der Waals surface area contributed by atoms with Crippen molar-refractivity contribution in [3.05, 3.63) is 467 Å². The van der Waals surface area contributed by atoms with E-state index in [1.54, 1.807) is 0 Å². The lowest BCUT2D eigenvalue weighted by Crippen LogP contribution is -2.00. The van der Waals surface area contributed by atoms with E-state index in [1.165, 1.54) is 26.9 Å². The van der Waals surface area contributed by atoms with Gasteiger partial charge in [0.25, 0.3) is 0 Å². The minimum Gasteiger partial charge on any atom is -0.456 e. The van der Waals surface area contributed by atoms with Gasteiger partial charge < -0.3 is 13.3 Å². The Labute approximate surface area is 796 Å². The van der Waals surface area contributed by atoms with Gasteiger partial charge in [-0.1, -0.05) is 376 Å². The van der Waals surface area contributed by atoms with Crippen LogP contribution in [0.15, 0.2) is 480 Å². The second-order valence-corrected chi connectivity index (χ2v) is 35.0. The average molecular weight is 1780 g/mol. The predicted octanol–water partition coefficient (Wildman–Crippen LogP) is 33.4. The van der Waals surface area contributed by atoms with E-state index in [2.05, 4.69) is 370 Å². The third kappa shape index (κ3) is 15.2. The summed E-state index contributed by atoms with van der Waals surface area (Å²) in [6.07, 6.45) is 0. The SMILES string of the molecule is c1ccc(-c2nc(-c3ccc4ccccc4c3)nc(-c3cc(-c4ccc5oc6ccccc6c5c4)c4ccccc4c3)n2)cc1.c1ccc(-c2nc(-c3ccc4ccccc4c3)nc(-c3cccc4c(-c5ccc6oc7ccccc7c6c5)cccc34)n2)cc1.c1ccc2cc(-c3nc(-c4ccc5ccccc5c4)nc(-c4cccc5c(-c6ccc7c(c6)oc6ccccc67)cccc45)n3)ccc2c1. The standard InChI is InChI=1S/C45H27N3O.2C41H25N3O/c1-3-11-30-25-33(21-19-28(30)9-1)43-46-44(34-22-20-29-10-2-4-12-31(29)26-34)48-45(47-43)40-17-8-15-36-35(14-7-16-37(36)40)32-23-24-39-38-13-5-6-18-41(38)49-42(39)27-32;1-2-11-27(12-3-1)39-42-40(30-21-20-26-10-4-5-13-28(26)24-30)44-41(43-39)35-18-9-16-32-31(15-8-17-33(32)35)29-22-23-38-36(25-29)34-14-6-7-19-37(34)45-38;1-2-11-27(12-3-1)39-42-40(31-19-18-26-10-4-5-13-28(26)22-31)44-41(43-39)32-23-29-14-6-7-15-33(29)35(25-32)30-20-21-38-36(24-30)34-16-8-9-17-37(34)45-38/h1-27H;2*1-25H.